The largest absolute Gasteiger partial charge is 0.508 e. The molecular formula is C19H12Cl4O5S. The summed E-state index contributed by atoms with van der Waals surface area (Å²) in [6, 6.07) is 11.3. The van der Waals surface area contributed by atoms with Gasteiger partial charge in [0.05, 0.1) is 20.1 Å². The summed E-state index contributed by atoms with van der Waals surface area (Å²) in [7, 11) is -5.06. The second kappa shape index (κ2) is 7.87. The highest BCUT2D eigenvalue weighted by atomic mass is 35.5. The van der Waals surface area contributed by atoms with Crippen molar-refractivity contribution in [3.63, 3.8) is 0 Å². The summed E-state index contributed by atoms with van der Waals surface area (Å²) in [4.78, 5) is 0. The monoisotopic (exact) mass is 492 g/mol. The van der Waals surface area contributed by atoms with E-state index in [0.29, 0.717) is 0 Å². The van der Waals surface area contributed by atoms with Gasteiger partial charge in [-0.15, -0.1) is 0 Å². The molecule has 0 radical (unpaired) electrons. The van der Waals surface area contributed by atoms with Gasteiger partial charge >= 0.3 is 0 Å². The Labute approximate surface area is 186 Å². The van der Waals surface area contributed by atoms with Crippen LogP contribution in [0.5, 0.6) is 11.5 Å². The van der Waals surface area contributed by atoms with Gasteiger partial charge in [0.1, 0.15) is 11.5 Å². The summed E-state index contributed by atoms with van der Waals surface area (Å²) in [5.74, 6) is -0.652. The third kappa shape index (κ3) is 3.77. The molecule has 1 atom stereocenters. The van der Waals surface area contributed by atoms with Crippen LogP contribution in [-0.2, 0) is 14.9 Å². The topological polar surface area (TPSA) is 94.8 Å². The van der Waals surface area contributed by atoms with Crippen molar-refractivity contribution in [2.45, 2.75) is 4.75 Å². The minimum atomic E-state index is -5.06. The lowest BCUT2D eigenvalue weighted by Gasteiger charge is -2.33. The Morgan fingerprint density at radius 1 is 0.724 bits per heavy atom. The van der Waals surface area contributed by atoms with Crippen LogP contribution in [0.15, 0.2) is 54.6 Å². The number of phenols is 2. The minimum absolute atomic E-state index is 0.0136. The number of hydrogen-bond acceptors (Lipinski definition) is 4. The molecule has 0 saturated heterocycles. The van der Waals surface area contributed by atoms with Crippen LogP contribution in [0.4, 0.5) is 0 Å². The molecule has 0 heterocycles. The van der Waals surface area contributed by atoms with Crippen molar-refractivity contribution in [2.75, 3.05) is 0 Å². The fraction of sp³-hybridized carbons (Fsp3) is 0.0526. The van der Waals surface area contributed by atoms with Crippen LogP contribution in [0.3, 0.4) is 0 Å². The van der Waals surface area contributed by atoms with Crippen LogP contribution in [0, 0.1) is 0 Å². The Morgan fingerprint density at radius 2 is 1.38 bits per heavy atom. The molecule has 10 heteroatoms. The molecule has 0 aliphatic rings. The van der Waals surface area contributed by atoms with E-state index >= 15 is 0 Å². The van der Waals surface area contributed by atoms with E-state index in [1.165, 1.54) is 36.4 Å². The molecule has 5 nitrogen and oxygen atoms in total. The molecule has 1 unspecified atom stereocenters. The van der Waals surface area contributed by atoms with Gasteiger partial charge in [-0.2, -0.15) is 8.42 Å². The normalized spacial score (nSPS) is 13.8. The quantitative estimate of drug-likeness (QED) is 0.311. The van der Waals surface area contributed by atoms with E-state index in [9.17, 15) is 23.2 Å². The van der Waals surface area contributed by atoms with E-state index in [1.807, 2.05) is 0 Å². The Kier molecular flexibility index (Phi) is 5.98. The predicted molar refractivity (Wildman–Crippen MR) is 114 cm³/mol. The molecule has 0 spiro atoms. The zero-order valence-electron chi connectivity index (χ0n) is 14.3. The second-order valence-electron chi connectivity index (χ2n) is 6.12. The average Bonchev–Trinajstić information content (AvgIpc) is 2.61. The Bertz CT molecular complexity index is 1210. The van der Waals surface area contributed by atoms with Gasteiger partial charge in [0.2, 0.25) is 0 Å². The molecule has 0 bridgehead atoms. The molecule has 0 amide bonds. The molecule has 3 rings (SSSR count). The van der Waals surface area contributed by atoms with Crippen molar-refractivity contribution in [1.82, 2.24) is 0 Å². The minimum Gasteiger partial charge on any atom is -0.508 e. The zero-order valence-corrected chi connectivity index (χ0v) is 18.1. The number of rotatable bonds is 4. The highest BCUT2D eigenvalue weighted by Gasteiger charge is 2.50. The van der Waals surface area contributed by atoms with Crippen LogP contribution in [0.25, 0.3) is 0 Å². The first kappa shape index (κ1) is 22.0. The molecule has 152 valence electrons. The second-order valence-corrected chi connectivity index (χ2v) is 9.29. The maximum atomic E-state index is 13.0. The van der Waals surface area contributed by atoms with Crippen LogP contribution >= 0.6 is 46.4 Å². The number of aromatic hydroxyl groups is 2. The summed E-state index contributed by atoms with van der Waals surface area (Å²) < 4.78 is 34.0. The van der Waals surface area contributed by atoms with Gasteiger partial charge < -0.3 is 10.2 Å². The molecule has 3 aromatic carbocycles. The van der Waals surface area contributed by atoms with Crippen molar-refractivity contribution >= 4 is 56.5 Å². The predicted octanol–water partition coefficient (Wildman–Crippen LogP) is 5.89. The van der Waals surface area contributed by atoms with Crippen LogP contribution in [0.2, 0.25) is 20.1 Å². The number of hydrogen-bond donors (Lipinski definition) is 3. The molecule has 0 aliphatic heterocycles. The summed E-state index contributed by atoms with van der Waals surface area (Å²) in [5.41, 5.74) is -0.346. The molecule has 3 aromatic rings. The lowest BCUT2D eigenvalue weighted by atomic mass is 9.83. The third-order valence-corrected chi connectivity index (χ3v) is 7.36. The van der Waals surface area contributed by atoms with Gasteiger partial charge in [-0.3, -0.25) is 4.55 Å². The SMILES string of the molecule is O=S(=O)(O)C(c1cccc(O)c1)(c1ccc(Cl)c(Cl)c1)c1cc(O)cc(Cl)c1Cl. The lowest BCUT2D eigenvalue weighted by molar-refractivity contribution is 0.455. The van der Waals surface area contributed by atoms with Crippen LogP contribution in [0.1, 0.15) is 16.7 Å². The lowest BCUT2D eigenvalue weighted by Crippen LogP contribution is -2.38. The maximum Gasteiger partial charge on any atom is 0.283 e. The van der Waals surface area contributed by atoms with E-state index in [-0.39, 0.29) is 48.3 Å². The molecule has 29 heavy (non-hydrogen) atoms. The Morgan fingerprint density at radius 3 is 1.97 bits per heavy atom. The highest BCUT2D eigenvalue weighted by molar-refractivity contribution is 7.87. The first-order valence-electron chi connectivity index (χ1n) is 7.89. The standard InChI is InChI=1S/C19H12Cl4O5S/c20-15-5-4-11(7-16(15)21)19(29(26,27)28,10-2-1-3-12(24)6-10)14-8-13(25)9-17(22)18(14)23/h1-9,24-25H,(H,26,27,28). The molecule has 0 aliphatic carbocycles. The van der Waals surface area contributed by atoms with Gasteiger partial charge in [-0.1, -0.05) is 64.6 Å². The Hall–Kier alpha value is -1.67. The van der Waals surface area contributed by atoms with E-state index in [4.69, 9.17) is 46.4 Å². The van der Waals surface area contributed by atoms with E-state index in [2.05, 4.69) is 0 Å². The van der Waals surface area contributed by atoms with Gasteiger partial charge in [0.15, 0.2) is 4.75 Å². The van der Waals surface area contributed by atoms with Gasteiger partial charge in [0, 0.05) is 11.6 Å². The fourth-order valence-electron chi connectivity index (χ4n) is 3.19. The molecule has 0 saturated carbocycles. The van der Waals surface area contributed by atoms with Crippen molar-refractivity contribution in [2.24, 2.45) is 0 Å². The first-order valence-corrected chi connectivity index (χ1v) is 10.8. The van der Waals surface area contributed by atoms with Gasteiger partial charge in [-0.25, -0.2) is 0 Å². The van der Waals surface area contributed by atoms with Crippen molar-refractivity contribution in [3.05, 3.63) is 91.4 Å². The summed E-state index contributed by atoms with van der Waals surface area (Å²) >= 11 is 24.5. The highest BCUT2D eigenvalue weighted by Crippen LogP contribution is 2.50. The first-order chi connectivity index (χ1) is 13.5. The van der Waals surface area contributed by atoms with E-state index in [1.54, 1.807) is 0 Å². The fourth-order valence-corrected chi connectivity index (χ4v) is 5.29. The van der Waals surface area contributed by atoms with Crippen molar-refractivity contribution in [1.29, 1.82) is 0 Å². The smallest absolute Gasteiger partial charge is 0.283 e. The summed E-state index contributed by atoms with van der Waals surface area (Å²) in [6.07, 6.45) is 0. The summed E-state index contributed by atoms with van der Waals surface area (Å²) in [6.45, 7) is 0. The summed E-state index contributed by atoms with van der Waals surface area (Å²) in [5, 5.41) is 19.9. The average molecular weight is 494 g/mol. The van der Waals surface area contributed by atoms with Crippen molar-refractivity contribution < 1.29 is 23.2 Å². The molecule has 3 N–H and O–H groups in total. The van der Waals surface area contributed by atoms with Crippen molar-refractivity contribution in [3.8, 4) is 11.5 Å². The van der Waals surface area contributed by atoms with E-state index < -0.39 is 14.9 Å². The molecular weight excluding hydrogens is 482 g/mol. The van der Waals surface area contributed by atoms with Gasteiger partial charge in [0.25, 0.3) is 10.1 Å². The van der Waals surface area contributed by atoms with E-state index in [0.717, 1.165) is 18.2 Å². The zero-order chi connectivity index (χ0) is 21.6. The molecule has 0 fully saturated rings. The maximum absolute atomic E-state index is 13.0. The third-order valence-electron chi connectivity index (χ3n) is 4.36. The molecule has 0 aromatic heterocycles. The number of halogens is 4. The number of phenolic OH excluding ortho intramolecular Hbond substituents is 2. The van der Waals surface area contributed by atoms with Crippen LogP contribution in [-0.4, -0.2) is 23.2 Å². The Balaban J connectivity index is 2.60. The number of benzene rings is 3. The van der Waals surface area contributed by atoms with Crippen LogP contribution < -0.4 is 0 Å². The van der Waals surface area contributed by atoms with Gasteiger partial charge in [-0.05, 0) is 41.5 Å².